The standard InChI is InChI=1S/C17H17F3N2O2/c1-11-10-12(4-9-15(11)22(2)3)16(23)21-13-5-7-14(8-6-13)24-17(18,19)20/h4-10H,1-3H3,(H,21,23). The Labute approximate surface area is 137 Å². The molecule has 2 rings (SSSR count). The van der Waals surface area contributed by atoms with Crippen molar-refractivity contribution in [2.75, 3.05) is 24.3 Å². The highest BCUT2D eigenvalue weighted by Crippen LogP contribution is 2.24. The molecule has 0 aliphatic carbocycles. The van der Waals surface area contributed by atoms with Gasteiger partial charge < -0.3 is 15.0 Å². The summed E-state index contributed by atoms with van der Waals surface area (Å²) in [5.74, 6) is -0.681. The van der Waals surface area contributed by atoms with Crippen molar-refractivity contribution in [2.45, 2.75) is 13.3 Å². The van der Waals surface area contributed by atoms with Crippen LogP contribution >= 0.6 is 0 Å². The van der Waals surface area contributed by atoms with Crippen molar-refractivity contribution in [3.63, 3.8) is 0 Å². The molecule has 2 aromatic rings. The van der Waals surface area contributed by atoms with Gasteiger partial charge in [-0.2, -0.15) is 0 Å². The molecule has 4 nitrogen and oxygen atoms in total. The fourth-order valence-electron chi connectivity index (χ4n) is 2.24. The number of halogens is 3. The van der Waals surface area contributed by atoms with Crippen LogP contribution in [0.1, 0.15) is 15.9 Å². The monoisotopic (exact) mass is 338 g/mol. The minimum absolute atomic E-state index is 0.340. The van der Waals surface area contributed by atoms with Gasteiger partial charge in [0.25, 0.3) is 5.91 Å². The van der Waals surface area contributed by atoms with Crippen molar-refractivity contribution >= 4 is 17.3 Å². The Balaban J connectivity index is 2.08. The molecule has 0 atom stereocenters. The van der Waals surface area contributed by atoms with E-state index in [1.165, 1.54) is 12.1 Å². The number of nitrogens with one attached hydrogen (secondary N) is 1. The summed E-state index contributed by atoms with van der Waals surface area (Å²) in [5, 5.41) is 2.63. The van der Waals surface area contributed by atoms with Gasteiger partial charge in [-0.15, -0.1) is 13.2 Å². The van der Waals surface area contributed by atoms with E-state index in [1.54, 1.807) is 12.1 Å². The molecule has 128 valence electrons. The lowest BCUT2D eigenvalue weighted by molar-refractivity contribution is -0.274. The number of benzene rings is 2. The fraction of sp³-hybridized carbons (Fsp3) is 0.235. The molecule has 0 saturated heterocycles. The number of carbonyl (C=O) groups is 1. The summed E-state index contributed by atoms with van der Waals surface area (Å²) in [6.07, 6.45) is -4.74. The normalized spacial score (nSPS) is 11.1. The molecule has 2 aromatic carbocycles. The van der Waals surface area contributed by atoms with Crippen LogP contribution < -0.4 is 15.0 Å². The minimum atomic E-state index is -4.74. The molecule has 24 heavy (non-hydrogen) atoms. The predicted molar refractivity (Wildman–Crippen MR) is 86.6 cm³/mol. The molecular weight excluding hydrogens is 321 g/mol. The number of ether oxygens (including phenoxy) is 1. The first-order valence-corrected chi connectivity index (χ1v) is 7.11. The van der Waals surface area contributed by atoms with Crippen LogP contribution in [0.25, 0.3) is 0 Å². The van der Waals surface area contributed by atoms with Gasteiger partial charge in [-0.25, -0.2) is 0 Å². The van der Waals surface area contributed by atoms with Crippen LogP contribution in [0.2, 0.25) is 0 Å². The summed E-state index contributed by atoms with van der Waals surface area (Å²) in [4.78, 5) is 14.2. The number of rotatable bonds is 4. The van der Waals surface area contributed by atoms with E-state index in [9.17, 15) is 18.0 Å². The summed E-state index contributed by atoms with van der Waals surface area (Å²) in [6, 6.07) is 10.3. The Morgan fingerprint density at radius 1 is 1.08 bits per heavy atom. The topological polar surface area (TPSA) is 41.6 Å². The molecule has 0 spiro atoms. The molecule has 1 N–H and O–H groups in total. The maximum Gasteiger partial charge on any atom is 0.573 e. The van der Waals surface area contributed by atoms with Crippen LogP contribution in [0, 0.1) is 6.92 Å². The lowest BCUT2D eigenvalue weighted by Crippen LogP contribution is -2.17. The van der Waals surface area contributed by atoms with Gasteiger partial charge in [-0.05, 0) is 55.0 Å². The first-order valence-electron chi connectivity index (χ1n) is 7.11. The summed E-state index contributed by atoms with van der Waals surface area (Å²) >= 11 is 0. The third-order valence-electron chi connectivity index (χ3n) is 3.29. The lowest BCUT2D eigenvalue weighted by Gasteiger charge is -2.16. The van der Waals surface area contributed by atoms with E-state index in [0.29, 0.717) is 11.3 Å². The van der Waals surface area contributed by atoms with Crippen LogP contribution in [0.4, 0.5) is 24.5 Å². The molecule has 0 fully saturated rings. The second-order valence-electron chi connectivity index (χ2n) is 5.42. The van der Waals surface area contributed by atoms with E-state index in [1.807, 2.05) is 32.0 Å². The van der Waals surface area contributed by atoms with E-state index in [4.69, 9.17) is 0 Å². The number of amides is 1. The molecule has 0 heterocycles. The van der Waals surface area contributed by atoms with Crippen LogP contribution in [0.5, 0.6) is 5.75 Å². The van der Waals surface area contributed by atoms with Crippen molar-refractivity contribution in [2.24, 2.45) is 0 Å². The van der Waals surface area contributed by atoms with E-state index in [2.05, 4.69) is 10.1 Å². The minimum Gasteiger partial charge on any atom is -0.406 e. The van der Waals surface area contributed by atoms with Crippen molar-refractivity contribution in [3.05, 3.63) is 53.6 Å². The molecule has 0 aromatic heterocycles. The van der Waals surface area contributed by atoms with Crippen LogP contribution in [0.15, 0.2) is 42.5 Å². The SMILES string of the molecule is Cc1cc(C(=O)Nc2ccc(OC(F)(F)F)cc2)ccc1N(C)C. The third-order valence-corrected chi connectivity index (χ3v) is 3.29. The Hall–Kier alpha value is -2.70. The zero-order valence-corrected chi connectivity index (χ0v) is 13.4. The van der Waals surface area contributed by atoms with Gasteiger partial charge in [0.1, 0.15) is 5.75 Å². The van der Waals surface area contributed by atoms with Gasteiger partial charge in [0.05, 0.1) is 0 Å². The molecule has 0 radical (unpaired) electrons. The smallest absolute Gasteiger partial charge is 0.406 e. The maximum absolute atomic E-state index is 12.2. The highest BCUT2D eigenvalue weighted by molar-refractivity contribution is 6.04. The summed E-state index contributed by atoms with van der Waals surface area (Å²) < 4.78 is 40.1. The zero-order chi connectivity index (χ0) is 17.9. The highest BCUT2D eigenvalue weighted by atomic mass is 19.4. The number of aryl methyl sites for hydroxylation is 1. The average Bonchev–Trinajstić information content (AvgIpc) is 2.47. The summed E-state index contributed by atoms with van der Waals surface area (Å²) in [5.41, 5.74) is 2.79. The van der Waals surface area contributed by atoms with E-state index < -0.39 is 6.36 Å². The van der Waals surface area contributed by atoms with E-state index in [0.717, 1.165) is 23.4 Å². The first kappa shape index (κ1) is 17.7. The second kappa shape index (κ2) is 6.82. The molecule has 0 aliphatic heterocycles. The van der Waals surface area contributed by atoms with Gasteiger partial charge in [-0.3, -0.25) is 4.79 Å². The Morgan fingerprint density at radius 2 is 1.71 bits per heavy atom. The van der Waals surface area contributed by atoms with Gasteiger partial charge >= 0.3 is 6.36 Å². The Bertz CT molecular complexity index is 726. The van der Waals surface area contributed by atoms with Gasteiger partial charge in [0, 0.05) is 31.0 Å². The quantitative estimate of drug-likeness (QED) is 0.908. The van der Waals surface area contributed by atoms with E-state index in [-0.39, 0.29) is 11.7 Å². The summed E-state index contributed by atoms with van der Waals surface area (Å²) in [6.45, 7) is 1.90. The second-order valence-corrected chi connectivity index (χ2v) is 5.42. The van der Waals surface area contributed by atoms with E-state index >= 15 is 0 Å². The van der Waals surface area contributed by atoms with Crippen molar-refractivity contribution in [3.8, 4) is 5.75 Å². The van der Waals surface area contributed by atoms with Gasteiger partial charge in [0.2, 0.25) is 0 Å². The molecule has 0 bridgehead atoms. The maximum atomic E-state index is 12.2. The Morgan fingerprint density at radius 3 is 2.21 bits per heavy atom. The van der Waals surface area contributed by atoms with Crippen LogP contribution in [-0.2, 0) is 0 Å². The third kappa shape index (κ3) is 4.65. The molecule has 0 unspecified atom stereocenters. The largest absolute Gasteiger partial charge is 0.573 e. The Kier molecular flexibility index (Phi) is 5.02. The van der Waals surface area contributed by atoms with Crippen LogP contribution in [0.3, 0.4) is 0 Å². The number of hydrogen-bond donors (Lipinski definition) is 1. The van der Waals surface area contributed by atoms with Crippen molar-refractivity contribution < 1.29 is 22.7 Å². The lowest BCUT2D eigenvalue weighted by atomic mass is 10.1. The molecule has 7 heteroatoms. The predicted octanol–water partition coefficient (Wildman–Crippen LogP) is 4.21. The average molecular weight is 338 g/mol. The number of nitrogens with zero attached hydrogens (tertiary/aromatic N) is 1. The number of alkyl halides is 3. The highest BCUT2D eigenvalue weighted by Gasteiger charge is 2.30. The number of carbonyl (C=O) groups excluding carboxylic acids is 1. The number of hydrogen-bond acceptors (Lipinski definition) is 3. The molecule has 0 saturated carbocycles. The van der Waals surface area contributed by atoms with Crippen molar-refractivity contribution in [1.29, 1.82) is 0 Å². The molecular formula is C17H17F3N2O2. The molecule has 0 aliphatic rings. The fourth-order valence-corrected chi connectivity index (χ4v) is 2.24. The molecule has 1 amide bonds. The van der Waals surface area contributed by atoms with Crippen molar-refractivity contribution in [1.82, 2.24) is 0 Å². The summed E-state index contributed by atoms with van der Waals surface area (Å²) in [7, 11) is 3.82. The van der Waals surface area contributed by atoms with Crippen LogP contribution in [-0.4, -0.2) is 26.4 Å². The van der Waals surface area contributed by atoms with Gasteiger partial charge in [-0.1, -0.05) is 0 Å². The van der Waals surface area contributed by atoms with Gasteiger partial charge in [0.15, 0.2) is 0 Å². The first-order chi connectivity index (χ1) is 11.2. The zero-order valence-electron chi connectivity index (χ0n) is 13.4. The number of anilines is 2.